The summed E-state index contributed by atoms with van der Waals surface area (Å²) >= 11 is 0. The molecule has 4 rings (SSSR count). The van der Waals surface area contributed by atoms with Gasteiger partial charge in [0.05, 0.1) is 37.1 Å². The Morgan fingerprint density at radius 2 is 1.83 bits per heavy atom. The number of benzene rings is 2. The van der Waals surface area contributed by atoms with Crippen molar-refractivity contribution < 1.29 is 28.3 Å². The molecule has 9 nitrogen and oxygen atoms in total. The van der Waals surface area contributed by atoms with Gasteiger partial charge in [-0.15, -0.1) is 0 Å². The minimum Gasteiger partial charge on any atom is -0.467 e. The van der Waals surface area contributed by atoms with E-state index in [1.54, 1.807) is 49.4 Å². The van der Waals surface area contributed by atoms with Gasteiger partial charge in [0.25, 0.3) is 5.91 Å². The molecule has 0 radical (unpaired) electrons. The quantitative estimate of drug-likeness (QED) is 0.388. The van der Waals surface area contributed by atoms with Gasteiger partial charge in [0.1, 0.15) is 11.8 Å². The number of imide groups is 1. The lowest BCUT2D eigenvalue weighted by Gasteiger charge is -2.20. The number of hydrogen-bond acceptors (Lipinski definition) is 6. The average molecular weight is 476 g/mol. The van der Waals surface area contributed by atoms with Crippen LogP contribution in [0.5, 0.6) is 0 Å². The fourth-order valence-corrected chi connectivity index (χ4v) is 3.84. The molecule has 4 amide bonds. The van der Waals surface area contributed by atoms with Crippen LogP contribution in [0.2, 0.25) is 0 Å². The van der Waals surface area contributed by atoms with E-state index in [0.717, 1.165) is 10.5 Å². The number of nitrogens with zero attached hydrogens (tertiary/aromatic N) is 2. The van der Waals surface area contributed by atoms with Crippen LogP contribution in [0.4, 0.5) is 16.2 Å². The van der Waals surface area contributed by atoms with E-state index in [9.17, 15) is 19.2 Å². The van der Waals surface area contributed by atoms with Crippen LogP contribution in [-0.4, -0.2) is 41.4 Å². The van der Waals surface area contributed by atoms with E-state index >= 15 is 0 Å². The third-order valence-corrected chi connectivity index (χ3v) is 5.55. The molecule has 0 aliphatic carbocycles. The lowest BCUT2D eigenvalue weighted by Crippen LogP contribution is -2.37. The zero-order valence-corrected chi connectivity index (χ0v) is 19.4. The van der Waals surface area contributed by atoms with Crippen molar-refractivity contribution in [2.45, 2.75) is 32.9 Å². The fraction of sp³-hybridized carbons (Fsp3) is 0.231. The molecule has 0 spiro atoms. The second kappa shape index (κ2) is 10.3. The van der Waals surface area contributed by atoms with Gasteiger partial charge in [-0.25, -0.2) is 14.5 Å². The maximum Gasteiger partial charge on any atom is 0.338 e. The summed E-state index contributed by atoms with van der Waals surface area (Å²) in [6.45, 7) is 3.88. The molecule has 2 aromatic carbocycles. The van der Waals surface area contributed by atoms with Crippen molar-refractivity contribution in [3.63, 3.8) is 0 Å². The van der Waals surface area contributed by atoms with Crippen LogP contribution in [0, 0.1) is 6.92 Å². The van der Waals surface area contributed by atoms with Gasteiger partial charge in [0, 0.05) is 5.69 Å². The summed E-state index contributed by atoms with van der Waals surface area (Å²) in [7, 11) is 0. The first-order chi connectivity index (χ1) is 16.9. The smallest absolute Gasteiger partial charge is 0.338 e. The highest BCUT2D eigenvalue weighted by molar-refractivity contribution is 6.22. The summed E-state index contributed by atoms with van der Waals surface area (Å²) < 4.78 is 10.4. The molecule has 9 heteroatoms. The molecule has 1 saturated heterocycles. The van der Waals surface area contributed by atoms with Crippen molar-refractivity contribution in [1.82, 2.24) is 4.90 Å². The highest BCUT2D eigenvalue weighted by Gasteiger charge is 2.47. The van der Waals surface area contributed by atoms with Crippen molar-refractivity contribution in [1.29, 1.82) is 0 Å². The molecular weight excluding hydrogens is 450 g/mol. The van der Waals surface area contributed by atoms with E-state index in [1.165, 1.54) is 17.2 Å². The highest BCUT2D eigenvalue weighted by atomic mass is 16.5. The predicted molar refractivity (Wildman–Crippen MR) is 128 cm³/mol. The van der Waals surface area contributed by atoms with E-state index in [2.05, 4.69) is 5.32 Å². The molecule has 3 aromatic rings. The summed E-state index contributed by atoms with van der Waals surface area (Å²) in [4.78, 5) is 53.9. The molecule has 1 fully saturated rings. The SMILES string of the molecule is CCOC(=O)c1cccc(NC(=O)CC2C(=O)N(c3ccc(C)cc3)C(=O)N2Cc2ccco2)c1. The van der Waals surface area contributed by atoms with Crippen LogP contribution in [0.3, 0.4) is 0 Å². The molecule has 0 bridgehead atoms. The summed E-state index contributed by atoms with van der Waals surface area (Å²) in [5.41, 5.74) is 2.09. The lowest BCUT2D eigenvalue weighted by atomic mass is 10.1. The second-order valence-electron chi connectivity index (χ2n) is 8.07. The van der Waals surface area contributed by atoms with Crippen LogP contribution >= 0.6 is 0 Å². The minimum atomic E-state index is -1.03. The number of anilines is 2. The van der Waals surface area contributed by atoms with E-state index in [-0.39, 0.29) is 19.6 Å². The number of nitrogens with one attached hydrogen (secondary N) is 1. The Morgan fingerprint density at radius 3 is 2.51 bits per heavy atom. The predicted octanol–water partition coefficient (Wildman–Crippen LogP) is 4.13. The lowest BCUT2D eigenvalue weighted by molar-refractivity contribution is -0.124. The Morgan fingerprint density at radius 1 is 1.06 bits per heavy atom. The topological polar surface area (TPSA) is 109 Å². The van der Waals surface area contributed by atoms with Crippen LogP contribution in [-0.2, 0) is 20.9 Å². The molecule has 35 heavy (non-hydrogen) atoms. The number of carbonyl (C=O) groups is 4. The fourth-order valence-electron chi connectivity index (χ4n) is 3.84. The Hall–Kier alpha value is -4.40. The van der Waals surface area contributed by atoms with Gasteiger partial charge >= 0.3 is 12.0 Å². The van der Waals surface area contributed by atoms with Gasteiger partial charge in [-0.1, -0.05) is 23.8 Å². The monoisotopic (exact) mass is 475 g/mol. The minimum absolute atomic E-state index is 0.0379. The maximum absolute atomic E-state index is 13.3. The van der Waals surface area contributed by atoms with E-state index in [1.807, 2.05) is 19.1 Å². The number of rotatable bonds is 8. The van der Waals surface area contributed by atoms with E-state index < -0.39 is 29.9 Å². The molecule has 1 N–H and O–H groups in total. The summed E-state index contributed by atoms with van der Waals surface area (Å²) in [6.07, 6.45) is 1.21. The van der Waals surface area contributed by atoms with Crippen molar-refractivity contribution >= 4 is 35.2 Å². The molecule has 1 aliphatic heterocycles. The maximum atomic E-state index is 13.3. The Kier molecular flexibility index (Phi) is 6.96. The van der Waals surface area contributed by atoms with Crippen LogP contribution in [0.25, 0.3) is 0 Å². The molecular formula is C26H25N3O6. The number of ether oxygens (including phenoxy) is 1. The first kappa shape index (κ1) is 23.7. The van der Waals surface area contributed by atoms with Gasteiger partial charge in [-0.2, -0.15) is 0 Å². The van der Waals surface area contributed by atoms with Crippen molar-refractivity contribution in [2.24, 2.45) is 0 Å². The molecule has 2 heterocycles. The van der Waals surface area contributed by atoms with Crippen LogP contribution in [0.15, 0.2) is 71.3 Å². The van der Waals surface area contributed by atoms with Crippen molar-refractivity contribution in [3.05, 3.63) is 83.8 Å². The Bertz CT molecular complexity index is 1240. The summed E-state index contributed by atoms with van der Waals surface area (Å²) in [6, 6.07) is 15.2. The van der Waals surface area contributed by atoms with Gasteiger partial charge in [-0.05, 0) is 56.3 Å². The number of carbonyl (C=O) groups excluding carboxylic acids is 4. The van der Waals surface area contributed by atoms with Crippen LogP contribution in [0.1, 0.15) is 35.0 Å². The highest BCUT2D eigenvalue weighted by Crippen LogP contribution is 2.29. The first-order valence-corrected chi connectivity index (χ1v) is 11.2. The number of amides is 4. The molecule has 1 aliphatic rings. The number of furan rings is 1. The van der Waals surface area contributed by atoms with Gasteiger partial charge in [0.15, 0.2) is 0 Å². The van der Waals surface area contributed by atoms with Crippen LogP contribution < -0.4 is 10.2 Å². The van der Waals surface area contributed by atoms with Gasteiger partial charge in [0.2, 0.25) is 5.91 Å². The standard InChI is InChI=1S/C26H25N3O6/c1-3-34-25(32)18-6-4-7-19(14-18)27-23(30)15-22-24(31)29(20-11-9-17(2)10-12-20)26(33)28(22)16-21-8-5-13-35-21/h4-14,22H,3,15-16H2,1-2H3,(H,27,30). The number of urea groups is 1. The molecule has 1 unspecified atom stereocenters. The third-order valence-electron chi connectivity index (χ3n) is 5.55. The molecule has 1 aromatic heterocycles. The Labute approximate surface area is 202 Å². The first-order valence-electron chi connectivity index (χ1n) is 11.2. The largest absolute Gasteiger partial charge is 0.467 e. The molecule has 1 atom stereocenters. The van der Waals surface area contributed by atoms with Crippen molar-refractivity contribution in [2.75, 3.05) is 16.8 Å². The summed E-state index contributed by atoms with van der Waals surface area (Å²) in [5.74, 6) is -0.990. The third kappa shape index (κ3) is 5.24. The zero-order chi connectivity index (χ0) is 24.9. The number of aryl methyl sites for hydroxylation is 1. The Balaban J connectivity index is 1.54. The van der Waals surface area contributed by atoms with Gasteiger partial charge in [-0.3, -0.25) is 9.59 Å². The number of hydrogen-bond donors (Lipinski definition) is 1. The van der Waals surface area contributed by atoms with E-state index in [4.69, 9.17) is 9.15 Å². The van der Waals surface area contributed by atoms with E-state index in [0.29, 0.717) is 22.7 Å². The number of esters is 1. The average Bonchev–Trinajstić information content (AvgIpc) is 3.43. The summed E-state index contributed by atoms with van der Waals surface area (Å²) in [5, 5.41) is 2.70. The second-order valence-corrected chi connectivity index (χ2v) is 8.07. The normalized spacial score (nSPS) is 15.4. The zero-order valence-electron chi connectivity index (χ0n) is 19.4. The van der Waals surface area contributed by atoms with Crippen molar-refractivity contribution in [3.8, 4) is 0 Å². The molecule has 0 saturated carbocycles. The molecule has 180 valence electrons. The van der Waals surface area contributed by atoms with Gasteiger partial charge < -0.3 is 19.4 Å².